The molecule has 0 spiro atoms. The van der Waals surface area contributed by atoms with E-state index < -0.39 is 11.7 Å². The summed E-state index contributed by atoms with van der Waals surface area (Å²) in [6.45, 7) is 6.01. The van der Waals surface area contributed by atoms with Crippen LogP contribution in [0.4, 0.5) is 4.79 Å². The number of allylic oxidation sites excluding steroid dienone is 1. The molecule has 0 radical (unpaired) electrons. The van der Waals surface area contributed by atoms with E-state index in [-0.39, 0.29) is 19.0 Å². The van der Waals surface area contributed by atoms with Crippen LogP contribution < -0.4 is 5.32 Å². The lowest BCUT2D eigenvalue weighted by Gasteiger charge is -2.24. The lowest BCUT2D eigenvalue weighted by Crippen LogP contribution is -2.36. The number of nitrogens with zero attached hydrogens (tertiary/aromatic N) is 1. The van der Waals surface area contributed by atoms with Gasteiger partial charge in [-0.05, 0) is 32.3 Å². The van der Waals surface area contributed by atoms with Gasteiger partial charge < -0.3 is 14.8 Å². The van der Waals surface area contributed by atoms with Crippen LogP contribution in [0.1, 0.15) is 39.2 Å². The van der Waals surface area contributed by atoms with Gasteiger partial charge in [-0.25, -0.2) is 4.79 Å². The second-order valence-corrected chi connectivity index (χ2v) is 6.75. The second kappa shape index (κ2) is 8.95. The van der Waals surface area contributed by atoms with Crippen LogP contribution in [0.15, 0.2) is 42.2 Å². The highest BCUT2D eigenvalue weighted by Gasteiger charge is 2.26. The Morgan fingerprint density at radius 1 is 1.23 bits per heavy atom. The Hall–Kier alpha value is -2.94. The highest BCUT2D eigenvalue weighted by atomic mass is 16.6. The van der Waals surface area contributed by atoms with Gasteiger partial charge in [0.2, 0.25) is 0 Å². The van der Waals surface area contributed by atoms with E-state index in [1.165, 1.54) is 4.90 Å². The third kappa shape index (κ3) is 6.52. The SMILES string of the molecule is CC(C)(C)OC(=O)N1CNC=C1C#CCCC(=O)OCc1ccccc1. The van der Waals surface area contributed by atoms with E-state index in [2.05, 4.69) is 17.2 Å². The molecule has 6 heteroatoms. The van der Waals surface area contributed by atoms with E-state index in [9.17, 15) is 9.59 Å². The first-order valence-corrected chi connectivity index (χ1v) is 8.47. The molecule has 1 N–H and O–H groups in total. The second-order valence-electron chi connectivity index (χ2n) is 6.75. The van der Waals surface area contributed by atoms with E-state index in [0.717, 1.165) is 5.56 Å². The third-order valence-electron chi connectivity index (χ3n) is 3.31. The number of hydrogen-bond acceptors (Lipinski definition) is 5. The zero-order chi connectivity index (χ0) is 19.0. The Balaban J connectivity index is 1.76. The Bertz CT molecular complexity index is 724. The van der Waals surface area contributed by atoms with Gasteiger partial charge in [0, 0.05) is 12.6 Å². The van der Waals surface area contributed by atoms with Crippen molar-refractivity contribution in [2.45, 2.75) is 45.8 Å². The Labute approximate surface area is 154 Å². The van der Waals surface area contributed by atoms with Crippen LogP contribution in [0.5, 0.6) is 0 Å². The molecule has 1 aromatic carbocycles. The zero-order valence-electron chi connectivity index (χ0n) is 15.4. The van der Waals surface area contributed by atoms with Crippen LogP contribution in [0.3, 0.4) is 0 Å². The third-order valence-corrected chi connectivity index (χ3v) is 3.31. The van der Waals surface area contributed by atoms with Gasteiger partial charge in [-0.1, -0.05) is 36.3 Å². The maximum absolute atomic E-state index is 12.1. The molecule has 26 heavy (non-hydrogen) atoms. The average Bonchev–Trinajstić information content (AvgIpc) is 3.05. The predicted molar refractivity (Wildman–Crippen MR) is 97.4 cm³/mol. The molecule has 0 atom stereocenters. The van der Waals surface area contributed by atoms with Crippen molar-refractivity contribution >= 4 is 12.1 Å². The minimum absolute atomic E-state index is 0.201. The summed E-state index contributed by atoms with van der Waals surface area (Å²) in [5, 5.41) is 2.95. The summed E-state index contributed by atoms with van der Waals surface area (Å²) in [6, 6.07) is 9.51. The van der Waals surface area contributed by atoms with Gasteiger partial charge in [-0.3, -0.25) is 9.69 Å². The normalized spacial score (nSPS) is 13.2. The van der Waals surface area contributed by atoms with E-state index in [4.69, 9.17) is 9.47 Å². The van der Waals surface area contributed by atoms with Crippen molar-refractivity contribution in [2.24, 2.45) is 0 Å². The van der Waals surface area contributed by atoms with E-state index in [1.807, 2.05) is 51.1 Å². The summed E-state index contributed by atoms with van der Waals surface area (Å²) in [6.07, 6.45) is 1.76. The number of nitrogens with one attached hydrogen (secondary N) is 1. The van der Waals surface area contributed by atoms with Crippen molar-refractivity contribution < 1.29 is 19.1 Å². The Morgan fingerprint density at radius 3 is 2.65 bits per heavy atom. The summed E-state index contributed by atoms with van der Waals surface area (Å²) >= 11 is 0. The summed E-state index contributed by atoms with van der Waals surface area (Å²) in [4.78, 5) is 25.3. The fourth-order valence-corrected chi connectivity index (χ4v) is 2.11. The standard InChI is InChI=1S/C20H24N2O4/c1-20(2,3)26-19(24)22-15-21-13-17(22)11-7-8-12-18(23)25-14-16-9-5-4-6-10-16/h4-6,9-10,13,21H,8,12,14-15H2,1-3H3. The summed E-state index contributed by atoms with van der Waals surface area (Å²) < 4.78 is 10.5. The molecule has 1 aliphatic heterocycles. The molecule has 1 amide bonds. The van der Waals surface area contributed by atoms with Gasteiger partial charge in [0.05, 0.1) is 13.1 Å². The van der Waals surface area contributed by atoms with Crippen molar-refractivity contribution in [1.82, 2.24) is 10.2 Å². The molecule has 0 aromatic heterocycles. The number of amides is 1. The molecule has 1 aliphatic rings. The fourth-order valence-electron chi connectivity index (χ4n) is 2.11. The molecular weight excluding hydrogens is 332 g/mol. The number of carbonyl (C=O) groups is 2. The molecule has 1 heterocycles. The minimum atomic E-state index is -0.569. The van der Waals surface area contributed by atoms with E-state index in [0.29, 0.717) is 18.8 Å². The zero-order valence-corrected chi connectivity index (χ0v) is 15.4. The number of rotatable bonds is 4. The highest BCUT2D eigenvalue weighted by molar-refractivity contribution is 5.72. The topological polar surface area (TPSA) is 67.9 Å². The molecule has 0 aliphatic carbocycles. The first kappa shape index (κ1) is 19.4. The molecular formula is C20H24N2O4. The monoisotopic (exact) mass is 356 g/mol. The highest BCUT2D eigenvalue weighted by Crippen LogP contribution is 2.15. The van der Waals surface area contributed by atoms with Gasteiger partial charge >= 0.3 is 12.1 Å². The first-order chi connectivity index (χ1) is 12.3. The lowest BCUT2D eigenvalue weighted by molar-refractivity contribution is -0.144. The average molecular weight is 356 g/mol. The molecule has 0 fully saturated rings. The fraction of sp³-hybridized carbons (Fsp3) is 0.400. The molecule has 0 saturated carbocycles. The van der Waals surface area contributed by atoms with E-state index >= 15 is 0 Å². The smallest absolute Gasteiger partial charge is 0.416 e. The molecule has 0 unspecified atom stereocenters. The van der Waals surface area contributed by atoms with Crippen LogP contribution in [-0.4, -0.2) is 29.2 Å². The number of hydrogen-bond donors (Lipinski definition) is 1. The summed E-state index contributed by atoms with van der Waals surface area (Å²) in [7, 11) is 0. The van der Waals surface area contributed by atoms with Crippen molar-refractivity contribution in [1.29, 1.82) is 0 Å². The lowest BCUT2D eigenvalue weighted by atomic mass is 10.2. The largest absolute Gasteiger partial charge is 0.461 e. The summed E-state index contributed by atoms with van der Waals surface area (Å²) in [5.41, 5.74) is 0.903. The summed E-state index contributed by atoms with van der Waals surface area (Å²) in [5.74, 6) is 5.49. The van der Waals surface area contributed by atoms with E-state index in [1.54, 1.807) is 6.20 Å². The van der Waals surface area contributed by atoms with Crippen LogP contribution in [-0.2, 0) is 20.9 Å². The maximum atomic E-state index is 12.1. The molecule has 2 rings (SSSR count). The number of carbonyl (C=O) groups excluding carboxylic acids is 2. The molecule has 1 aromatic rings. The number of ether oxygens (including phenoxy) is 2. The van der Waals surface area contributed by atoms with Gasteiger partial charge in [0.15, 0.2) is 0 Å². The number of esters is 1. The molecule has 0 saturated heterocycles. The predicted octanol–water partition coefficient (Wildman–Crippen LogP) is 3.15. The van der Waals surface area contributed by atoms with Gasteiger partial charge in [0.25, 0.3) is 0 Å². The Kier molecular flexibility index (Phi) is 6.67. The number of benzene rings is 1. The maximum Gasteiger partial charge on any atom is 0.416 e. The van der Waals surface area contributed by atoms with Crippen LogP contribution in [0, 0.1) is 11.8 Å². The Morgan fingerprint density at radius 2 is 1.96 bits per heavy atom. The molecule has 6 nitrogen and oxygen atoms in total. The minimum Gasteiger partial charge on any atom is -0.461 e. The van der Waals surface area contributed by atoms with Gasteiger partial charge in [0.1, 0.15) is 17.9 Å². The molecule has 138 valence electrons. The van der Waals surface area contributed by atoms with Crippen molar-refractivity contribution in [2.75, 3.05) is 6.67 Å². The van der Waals surface area contributed by atoms with Crippen LogP contribution in [0.25, 0.3) is 0 Å². The van der Waals surface area contributed by atoms with Crippen molar-refractivity contribution in [3.05, 3.63) is 47.8 Å². The quantitative estimate of drug-likeness (QED) is 0.663. The van der Waals surface area contributed by atoms with Crippen LogP contribution >= 0.6 is 0 Å². The van der Waals surface area contributed by atoms with Crippen LogP contribution in [0.2, 0.25) is 0 Å². The van der Waals surface area contributed by atoms with Crippen molar-refractivity contribution in [3.8, 4) is 11.8 Å². The van der Waals surface area contributed by atoms with Gasteiger partial charge in [-0.2, -0.15) is 0 Å². The molecule has 0 bridgehead atoms. The van der Waals surface area contributed by atoms with Crippen molar-refractivity contribution in [3.63, 3.8) is 0 Å². The van der Waals surface area contributed by atoms with Gasteiger partial charge in [-0.15, -0.1) is 0 Å². The first-order valence-electron chi connectivity index (χ1n) is 8.47.